The average Bonchev–Trinajstić information content (AvgIpc) is 2.87. The minimum Gasteiger partial charge on any atom is -0.478 e. The molecule has 2 rings (SSSR count). The number of aromatic carboxylic acids is 1. The Kier molecular flexibility index (Phi) is 3.53. The van der Waals surface area contributed by atoms with Crippen molar-refractivity contribution >= 4 is 11.7 Å². The molecular formula is C14H12N2O3. The van der Waals surface area contributed by atoms with E-state index in [1.54, 1.807) is 12.1 Å². The van der Waals surface area contributed by atoms with Gasteiger partial charge in [-0.25, -0.2) is 4.79 Å². The first kappa shape index (κ1) is 12.7. The van der Waals surface area contributed by atoms with Crippen LogP contribution in [0, 0.1) is 11.3 Å². The summed E-state index contributed by atoms with van der Waals surface area (Å²) < 4.78 is 5.19. The molecule has 96 valence electrons. The predicted molar refractivity (Wildman–Crippen MR) is 68.9 cm³/mol. The molecule has 0 bridgehead atoms. The Morgan fingerprint density at radius 1 is 1.47 bits per heavy atom. The number of hydrogen-bond donors (Lipinski definition) is 1. The first-order chi connectivity index (χ1) is 9.11. The first-order valence-corrected chi connectivity index (χ1v) is 5.63. The number of anilines is 1. The van der Waals surface area contributed by atoms with Gasteiger partial charge in [0.1, 0.15) is 18.1 Å². The largest absolute Gasteiger partial charge is 0.478 e. The summed E-state index contributed by atoms with van der Waals surface area (Å²) in [7, 11) is 1.82. The summed E-state index contributed by atoms with van der Waals surface area (Å²) in [6, 6.07) is 10.8. The van der Waals surface area contributed by atoms with Crippen LogP contribution in [-0.4, -0.2) is 18.1 Å². The molecule has 0 radical (unpaired) electrons. The van der Waals surface area contributed by atoms with E-state index in [9.17, 15) is 4.79 Å². The lowest BCUT2D eigenvalue weighted by atomic mass is 10.2. The van der Waals surface area contributed by atoms with Crippen LogP contribution in [0.3, 0.4) is 0 Å². The van der Waals surface area contributed by atoms with Crippen LogP contribution in [0.1, 0.15) is 21.7 Å². The van der Waals surface area contributed by atoms with E-state index in [-0.39, 0.29) is 5.56 Å². The van der Waals surface area contributed by atoms with Crippen LogP contribution in [-0.2, 0) is 6.54 Å². The van der Waals surface area contributed by atoms with Gasteiger partial charge in [0, 0.05) is 7.05 Å². The fraction of sp³-hybridized carbons (Fsp3) is 0.143. The van der Waals surface area contributed by atoms with Crippen LogP contribution >= 0.6 is 0 Å². The van der Waals surface area contributed by atoms with Gasteiger partial charge in [0.05, 0.1) is 23.4 Å². The molecule has 5 nitrogen and oxygen atoms in total. The van der Waals surface area contributed by atoms with E-state index in [1.165, 1.54) is 12.3 Å². The van der Waals surface area contributed by atoms with Crippen molar-refractivity contribution in [1.82, 2.24) is 0 Å². The molecule has 1 heterocycles. The molecule has 2 aromatic rings. The zero-order valence-electron chi connectivity index (χ0n) is 10.3. The molecule has 0 spiro atoms. The van der Waals surface area contributed by atoms with Crippen LogP contribution in [0.4, 0.5) is 5.69 Å². The number of carboxylic acid groups (broad SMARTS) is 1. The minimum atomic E-state index is -1.02. The van der Waals surface area contributed by atoms with Gasteiger partial charge in [0.25, 0.3) is 0 Å². The van der Waals surface area contributed by atoms with E-state index in [0.717, 1.165) is 5.69 Å². The molecule has 0 unspecified atom stereocenters. The summed E-state index contributed by atoms with van der Waals surface area (Å²) in [4.78, 5) is 12.6. The highest BCUT2D eigenvalue weighted by Gasteiger charge is 2.12. The quantitative estimate of drug-likeness (QED) is 0.909. The van der Waals surface area contributed by atoms with Crippen molar-refractivity contribution in [2.45, 2.75) is 6.54 Å². The van der Waals surface area contributed by atoms with Gasteiger partial charge in [0.15, 0.2) is 0 Å². The summed E-state index contributed by atoms with van der Waals surface area (Å²) in [6.07, 6.45) is 1.21. The summed E-state index contributed by atoms with van der Waals surface area (Å²) in [5, 5.41) is 17.8. The molecule has 0 amide bonds. The molecule has 0 aliphatic heterocycles. The lowest BCUT2D eigenvalue weighted by Gasteiger charge is -2.18. The van der Waals surface area contributed by atoms with Gasteiger partial charge in [-0.2, -0.15) is 5.26 Å². The zero-order valence-corrected chi connectivity index (χ0v) is 10.3. The van der Waals surface area contributed by atoms with Crippen molar-refractivity contribution in [2.75, 3.05) is 11.9 Å². The average molecular weight is 256 g/mol. The monoisotopic (exact) mass is 256 g/mol. The Hall–Kier alpha value is -2.74. The second-order valence-electron chi connectivity index (χ2n) is 4.09. The van der Waals surface area contributed by atoms with E-state index in [1.807, 2.05) is 24.1 Å². The van der Waals surface area contributed by atoms with E-state index >= 15 is 0 Å². The van der Waals surface area contributed by atoms with Crippen LogP contribution in [0.2, 0.25) is 0 Å². The van der Waals surface area contributed by atoms with Crippen molar-refractivity contribution in [3.63, 3.8) is 0 Å². The zero-order chi connectivity index (χ0) is 13.8. The highest BCUT2D eigenvalue weighted by molar-refractivity contribution is 5.87. The smallest absolute Gasteiger partial charge is 0.338 e. The van der Waals surface area contributed by atoms with Gasteiger partial charge in [-0.15, -0.1) is 0 Å². The van der Waals surface area contributed by atoms with Crippen LogP contribution in [0.5, 0.6) is 0 Å². The molecule has 1 N–H and O–H groups in total. The number of carboxylic acids is 1. The summed E-state index contributed by atoms with van der Waals surface area (Å²) in [5.74, 6) is -0.484. The molecule has 0 saturated carbocycles. The van der Waals surface area contributed by atoms with Gasteiger partial charge >= 0.3 is 5.97 Å². The molecule has 1 aromatic carbocycles. The van der Waals surface area contributed by atoms with E-state index < -0.39 is 5.97 Å². The Labute approximate surface area is 110 Å². The molecule has 19 heavy (non-hydrogen) atoms. The maximum Gasteiger partial charge on any atom is 0.338 e. The SMILES string of the molecule is CN(Cc1cc(C(=O)O)co1)c1ccccc1C#N. The van der Waals surface area contributed by atoms with Gasteiger partial charge in [0.2, 0.25) is 0 Å². The Balaban J connectivity index is 2.18. The normalized spacial score (nSPS) is 9.89. The Morgan fingerprint density at radius 2 is 2.21 bits per heavy atom. The molecule has 1 aromatic heterocycles. The van der Waals surface area contributed by atoms with Gasteiger partial charge in [-0.05, 0) is 18.2 Å². The van der Waals surface area contributed by atoms with Crippen LogP contribution in [0.25, 0.3) is 0 Å². The third kappa shape index (κ3) is 2.75. The number of carbonyl (C=O) groups is 1. The first-order valence-electron chi connectivity index (χ1n) is 5.63. The molecule has 0 aliphatic rings. The summed E-state index contributed by atoms with van der Waals surface area (Å²) in [5.41, 5.74) is 1.46. The molecule has 0 atom stereocenters. The van der Waals surface area contributed by atoms with Crippen molar-refractivity contribution in [3.8, 4) is 6.07 Å². The third-order valence-corrected chi connectivity index (χ3v) is 2.73. The number of rotatable bonds is 4. The molecule has 5 heteroatoms. The van der Waals surface area contributed by atoms with E-state index in [4.69, 9.17) is 14.8 Å². The summed E-state index contributed by atoms with van der Waals surface area (Å²) >= 11 is 0. The number of nitriles is 1. The van der Waals surface area contributed by atoms with Crippen molar-refractivity contribution in [1.29, 1.82) is 5.26 Å². The van der Waals surface area contributed by atoms with Gasteiger partial charge in [-0.3, -0.25) is 0 Å². The van der Waals surface area contributed by atoms with Crippen molar-refractivity contribution < 1.29 is 14.3 Å². The topological polar surface area (TPSA) is 77.5 Å². The molecule has 0 aliphatic carbocycles. The number of benzene rings is 1. The lowest BCUT2D eigenvalue weighted by Crippen LogP contribution is -2.17. The summed E-state index contributed by atoms with van der Waals surface area (Å²) in [6.45, 7) is 0.395. The molecule has 0 fully saturated rings. The molecule has 0 saturated heterocycles. The second kappa shape index (κ2) is 5.27. The fourth-order valence-electron chi connectivity index (χ4n) is 1.80. The maximum absolute atomic E-state index is 10.8. The van der Waals surface area contributed by atoms with Crippen molar-refractivity contribution in [3.05, 3.63) is 53.5 Å². The van der Waals surface area contributed by atoms with Crippen LogP contribution in [0.15, 0.2) is 41.0 Å². The van der Waals surface area contributed by atoms with Gasteiger partial charge < -0.3 is 14.4 Å². The number of para-hydroxylation sites is 1. The Morgan fingerprint density at radius 3 is 2.84 bits per heavy atom. The number of hydrogen-bond acceptors (Lipinski definition) is 4. The minimum absolute atomic E-state index is 0.122. The van der Waals surface area contributed by atoms with Gasteiger partial charge in [-0.1, -0.05) is 12.1 Å². The molecular weight excluding hydrogens is 244 g/mol. The number of nitrogens with zero attached hydrogens (tertiary/aromatic N) is 2. The number of furan rings is 1. The standard InChI is InChI=1S/C14H12N2O3/c1-16(13-5-3-2-4-10(13)7-15)8-12-6-11(9-19-12)14(17)18/h2-6,9H,8H2,1H3,(H,17,18). The van der Waals surface area contributed by atoms with E-state index in [2.05, 4.69) is 6.07 Å². The third-order valence-electron chi connectivity index (χ3n) is 2.73. The highest BCUT2D eigenvalue weighted by Crippen LogP contribution is 2.20. The second-order valence-corrected chi connectivity index (χ2v) is 4.09. The fourth-order valence-corrected chi connectivity index (χ4v) is 1.80. The van der Waals surface area contributed by atoms with Crippen LogP contribution < -0.4 is 4.90 Å². The Bertz CT molecular complexity index is 640. The lowest BCUT2D eigenvalue weighted by molar-refractivity contribution is 0.0696. The van der Waals surface area contributed by atoms with Crippen molar-refractivity contribution in [2.24, 2.45) is 0 Å². The predicted octanol–water partition coefficient (Wildman–Crippen LogP) is 2.49. The van der Waals surface area contributed by atoms with E-state index in [0.29, 0.717) is 17.9 Å². The highest BCUT2D eigenvalue weighted by atomic mass is 16.4. The maximum atomic E-state index is 10.8.